The zero-order chi connectivity index (χ0) is 23.7. The molecule has 5 rings (SSSR count). The zero-order valence-electron chi connectivity index (χ0n) is 19.4. The summed E-state index contributed by atoms with van der Waals surface area (Å²) < 4.78 is 2.09. The summed E-state index contributed by atoms with van der Waals surface area (Å²) in [4.78, 5) is 30.8. The predicted octanol–water partition coefficient (Wildman–Crippen LogP) is 5.03. The van der Waals surface area contributed by atoms with Crippen LogP contribution in [0.1, 0.15) is 18.1 Å². The number of para-hydroxylation sites is 2. The molecule has 0 radical (unpaired) electrons. The van der Waals surface area contributed by atoms with Gasteiger partial charge in [0.15, 0.2) is 0 Å². The highest BCUT2D eigenvalue weighted by atomic mass is 16.2. The number of likely N-dealkylation sites (N-methyl/N-ethyl adjacent to an activating group) is 1. The second-order valence-electron chi connectivity index (χ2n) is 8.46. The van der Waals surface area contributed by atoms with Gasteiger partial charge in [-0.1, -0.05) is 66.7 Å². The van der Waals surface area contributed by atoms with Crippen molar-refractivity contribution < 1.29 is 9.59 Å². The summed E-state index contributed by atoms with van der Waals surface area (Å²) in [6, 6.07) is 27.5. The van der Waals surface area contributed by atoms with E-state index in [9.17, 15) is 9.59 Å². The lowest BCUT2D eigenvalue weighted by atomic mass is 10.0. The summed E-state index contributed by atoms with van der Waals surface area (Å²) in [7, 11) is 2.02. The molecule has 170 valence electrons. The number of aryl methyl sites for hydroxylation is 1. The van der Waals surface area contributed by atoms with Crippen molar-refractivity contribution in [2.75, 3.05) is 18.0 Å². The van der Waals surface area contributed by atoms with Gasteiger partial charge in [-0.25, -0.2) is 0 Å². The molecule has 4 aromatic rings. The highest BCUT2D eigenvalue weighted by Gasteiger charge is 2.41. The monoisotopic (exact) mass is 449 g/mol. The van der Waals surface area contributed by atoms with Crippen molar-refractivity contribution in [3.63, 3.8) is 0 Å². The van der Waals surface area contributed by atoms with Gasteiger partial charge in [0.05, 0.1) is 5.57 Å². The molecule has 0 bridgehead atoms. The molecule has 0 unspecified atom stereocenters. The molecule has 0 N–H and O–H groups in total. The van der Waals surface area contributed by atoms with Crippen molar-refractivity contribution in [2.45, 2.75) is 13.3 Å². The molecule has 0 saturated carbocycles. The molecule has 5 nitrogen and oxygen atoms in total. The van der Waals surface area contributed by atoms with Gasteiger partial charge in [-0.2, -0.15) is 0 Å². The Hall–Kier alpha value is -4.12. The van der Waals surface area contributed by atoms with Crippen molar-refractivity contribution in [1.29, 1.82) is 0 Å². The minimum Gasteiger partial charge on any atom is -0.350 e. The normalized spacial score (nSPS) is 13.9. The molecule has 2 amide bonds. The van der Waals surface area contributed by atoms with Gasteiger partial charge in [-0.15, -0.1) is 0 Å². The van der Waals surface area contributed by atoms with Gasteiger partial charge >= 0.3 is 0 Å². The largest absolute Gasteiger partial charge is 0.350 e. The summed E-state index contributed by atoms with van der Waals surface area (Å²) >= 11 is 0. The molecule has 0 fully saturated rings. The van der Waals surface area contributed by atoms with Crippen LogP contribution in [0.25, 0.3) is 16.5 Å². The first-order valence-electron chi connectivity index (χ1n) is 11.6. The summed E-state index contributed by atoms with van der Waals surface area (Å²) in [5.74, 6) is -0.476. The van der Waals surface area contributed by atoms with E-state index in [1.165, 1.54) is 4.90 Å². The van der Waals surface area contributed by atoms with E-state index in [0.717, 1.165) is 27.7 Å². The number of nitrogens with zero attached hydrogens (tertiary/aromatic N) is 3. The zero-order valence-corrected chi connectivity index (χ0v) is 19.4. The van der Waals surface area contributed by atoms with E-state index in [-0.39, 0.29) is 11.8 Å². The number of carbonyl (C=O) groups excluding carboxylic acids is 2. The van der Waals surface area contributed by atoms with Crippen molar-refractivity contribution in [2.24, 2.45) is 7.05 Å². The average molecular weight is 450 g/mol. The van der Waals surface area contributed by atoms with Gasteiger partial charge in [0, 0.05) is 42.9 Å². The molecule has 34 heavy (non-hydrogen) atoms. The van der Waals surface area contributed by atoms with Crippen LogP contribution in [0.15, 0.2) is 96.8 Å². The fourth-order valence-corrected chi connectivity index (χ4v) is 4.82. The topological polar surface area (TPSA) is 45.6 Å². The van der Waals surface area contributed by atoms with Crippen LogP contribution >= 0.6 is 0 Å². The highest BCUT2D eigenvalue weighted by Crippen LogP contribution is 2.34. The number of aromatic nitrogens is 1. The third kappa shape index (κ3) is 3.69. The number of anilines is 1. The molecule has 1 aliphatic rings. The Morgan fingerprint density at radius 1 is 0.794 bits per heavy atom. The summed E-state index contributed by atoms with van der Waals surface area (Å²) in [6.45, 7) is 2.91. The van der Waals surface area contributed by atoms with Crippen LogP contribution in [-0.4, -0.2) is 34.4 Å². The van der Waals surface area contributed by atoms with E-state index in [1.54, 1.807) is 0 Å². The molecule has 0 aliphatic carbocycles. The number of fused-ring (bicyclic) bond motifs is 1. The first kappa shape index (κ1) is 21.7. The lowest BCUT2D eigenvalue weighted by Crippen LogP contribution is -2.36. The molecule has 2 heterocycles. The van der Waals surface area contributed by atoms with Crippen LogP contribution in [0, 0.1) is 0 Å². The Balaban J connectivity index is 1.52. The predicted molar refractivity (Wildman–Crippen MR) is 136 cm³/mol. The Bertz CT molecular complexity index is 1390. The number of hydrogen-bond acceptors (Lipinski definition) is 3. The highest BCUT2D eigenvalue weighted by molar-refractivity contribution is 6.36. The van der Waals surface area contributed by atoms with Crippen LogP contribution in [0.2, 0.25) is 0 Å². The maximum absolute atomic E-state index is 13.8. The first-order chi connectivity index (χ1) is 16.6. The van der Waals surface area contributed by atoms with Crippen LogP contribution in [0.5, 0.6) is 0 Å². The molecular weight excluding hydrogens is 422 g/mol. The van der Waals surface area contributed by atoms with Gasteiger partial charge < -0.3 is 9.47 Å². The number of carbonyl (C=O) groups is 2. The summed E-state index contributed by atoms with van der Waals surface area (Å²) in [5.41, 5.74) is 4.84. The van der Waals surface area contributed by atoms with Crippen LogP contribution < -0.4 is 4.90 Å². The maximum atomic E-state index is 13.8. The summed E-state index contributed by atoms with van der Waals surface area (Å²) in [6.07, 6.45) is 2.69. The van der Waals surface area contributed by atoms with E-state index in [2.05, 4.69) is 22.9 Å². The molecule has 1 aliphatic heterocycles. The molecule has 1 aromatic heterocycles. The quantitative estimate of drug-likeness (QED) is 0.372. The molecule has 0 saturated heterocycles. The molecular formula is C29H27N3O2. The number of imide groups is 1. The smallest absolute Gasteiger partial charge is 0.278 e. The fourth-order valence-electron chi connectivity index (χ4n) is 4.82. The van der Waals surface area contributed by atoms with E-state index >= 15 is 0 Å². The molecule has 3 aromatic carbocycles. The Morgan fingerprint density at radius 3 is 2.15 bits per heavy atom. The Labute approximate surface area is 199 Å². The van der Waals surface area contributed by atoms with Crippen molar-refractivity contribution in [3.05, 3.63) is 108 Å². The minimum absolute atomic E-state index is 0.235. The molecule has 0 atom stereocenters. The number of benzene rings is 3. The maximum Gasteiger partial charge on any atom is 0.278 e. The number of amides is 2. The SMILES string of the molecule is CCN(C1=C(c2ccccc2)C(=O)N(CCc2cn(C)c3ccccc23)C1=O)c1ccccc1. The minimum atomic E-state index is -0.241. The average Bonchev–Trinajstić information content (AvgIpc) is 3.32. The van der Waals surface area contributed by atoms with E-state index in [0.29, 0.717) is 30.8 Å². The number of rotatable bonds is 7. The lowest BCUT2D eigenvalue weighted by molar-refractivity contribution is -0.136. The summed E-state index contributed by atoms with van der Waals surface area (Å²) in [5, 5.41) is 1.15. The second kappa shape index (κ2) is 9.02. The van der Waals surface area contributed by atoms with Crippen LogP contribution in [0.4, 0.5) is 5.69 Å². The fraction of sp³-hybridized carbons (Fsp3) is 0.172. The van der Waals surface area contributed by atoms with Gasteiger partial charge in [-0.3, -0.25) is 14.5 Å². The molecule has 0 spiro atoms. The van der Waals surface area contributed by atoms with Gasteiger partial charge in [0.2, 0.25) is 0 Å². The lowest BCUT2D eigenvalue weighted by Gasteiger charge is -2.25. The van der Waals surface area contributed by atoms with Crippen molar-refractivity contribution in [3.8, 4) is 0 Å². The number of hydrogen-bond donors (Lipinski definition) is 0. The van der Waals surface area contributed by atoms with Gasteiger partial charge in [0.1, 0.15) is 5.70 Å². The van der Waals surface area contributed by atoms with Crippen LogP contribution in [0.3, 0.4) is 0 Å². The first-order valence-corrected chi connectivity index (χ1v) is 11.6. The third-order valence-electron chi connectivity index (χ3n) is 6.44. The van der Waals surface area contributed by atoms with Crippen molar-refractivity contribution in [1.82, 2.24) is 9.47 Å². The van der Waals surface area contributed by atoms with E-state index in [4.69, 9.17) is 0 Å². The Kier molecular flexibility index (Phi) is 5.76. The second-order valence-corrected chi connectivity index (χ2v) is 8.46. The van der Waals surface area contributed by atoms with Crippen molar-refractivity contribution >= 4 is 34.0 Å². The van der Waals surface area contributed by atoms with Crippen LogP contribution in [-0.2, 0) is 23.1 Å². The van der Waals surface area contributed by atoms with Gasteiger partial charge in [-0.05, 0) is 42.7 Å². The standard InChI is InChI=1S/C29H27N3O2/c1-3-31(23-14-8-5-9-15-23)27-26(21-12-6-4-7-13-21)28(33)32(29(27)34)19-18-22-20-30(2)25-17-11-10-16-24(22)25/h4-17,20H,3,18-19H2,1-2H3. The van der Waals surface area contributed by atoms with E-state index in [1.807, 2.05) is 91.7 Å². The third-order valence-corrected chi connectivity index (χ3v) is 6.44. The van der Waals surface area contributed by atoms with Gasteiger partial charge in [0.25, 0.3) is 11.8 Å². The Morgan fingerprint density at radius 2 is 1.44 bits per heavy atom. The van der Waals surface area contributed by atoms with E-state index < -0.39 is 0 Å². The molecule has 5 heteroatoms.